The van der Waals surface area contributed by atoms with E-state index in [2.05, 4.69) is 16.9 Å². The van der Waals surface area contributed by atoms with Gasteiger partial charge in [-0.05, 0) is 24.1 Å². The average molecular weight is 259 g/mol. The highest BCUT2D eigenvalue weighted by molar-refractivity contribution is 5.56. The zero-order chi connectivity index (χ0) is 13.7. The van der Waals surface area contributed by atoms with Gasteiger partial charge in [-0.1, -0.05) is 25.5 Å². The lowest BCUT2D eigenvalue weighted by molar-refractivity contribution is 0.391. The molecule has 1 heterocycles. The van der Waals surface area contributed by atoms with Crippen molar-refractivity contribution in [3.63, 3.8) is 0 Å². The van der Waals surface area contributed by atoms with Crippen molar-refractivity contribution in [2.75, 3.05) is 12.8 Å². The van der Waals surface area contributed by atoms with Crippen molar-refractivity contribution < 1.29 is 9.47 Å². The molecule has 2 rings (SSSR count). The molecular formula is C14H17N3O2. The normalized spacial score (nSPS) is 10.2. The van der Waals surface area contributed by atoms with Crippen LogP contribution in [0.2, 0.25) is 0 Å². The average Bonchev–Trinajstić information content (AvgIpc) is 2.43. The van der Waals surface area contributed by atoms with E-state index in [1.807, 2.05) is 24.3 Å². The highest BCUT2D eigenvalue weighted by Crippen LogP contribution is 2.30. The molecule has 0 aliphatic heterocycles. The second-order valence-electron chi connectivity index (χ2n) is 4.10. The van der Waals surface area contributed by atoms with Crippen molar-refractivity contribution in [3.05, 3.63) is 36.2 Å². The molecule has 2 aromatic rings. The summed E-state index contributed by atoms with van der Waals surface area (Å²) in [5.41, 5.74) is 7.42. The predicted octanol–water partition coefficient (Wildman–Crippen LogP) is 2.81. The van der Waals surface area contributed by atoms with Crippen LogP contribution in [0.1, 0.15) is 18.9 Å². The number of nitrogen functional groups attached to an aromatic ring is 1. The van der Waals surface area contributed by atoms with Crippen LogP contribution in [0.4, 0.5) is 5.69 Å². The molecular weight excluding hydrogens is 242 g/mol. The summed E-state index contributed by atoms with van der Waals surface area (Å²) >= 11 is 0. The van der Waals surface area contributed by atoms with Gasteiger partial charge in [-0.2, -0.15) is 9.97 Å². The van der Waals surface area contributed by atoms with E-state index in [-0.39, 0.29) is 0 Å². The maximum atomic E-state index is 5.84. The number of nitrogens with zero attached hydrogens (tertiary/aromatic N) is 2. The van der Waals surface area contributed by atoms with E-state index < -0.39 is 0 Å². The molecule has 100 valence electrons. The summed E-state index contributed by atoms with van der Waals surface area (Å²) in [4.78, 5) is 7.90. The maximum Gasteiger partial charge on any atom is 0.249 e. The zero-order valence-corrected chi connectivity index (χ0v) is 11.1. The Bertz CT molecular complexity index is 541. The molecule has 2 N–H and O–H groups in total. The third-order valence-corrected chi connectivity index (χ3v) is 2.68. The Balaban J connectivity index is 2.16. The quantitative estimate of drug-likeness (QED) is 0.894. The lowest BCUT2D eigenvalue weighted by Gasteiger charge is -2.09. The fourth-order valence-electron chi connectivity index (χ4n) is 1.73. The molecule has 0 saturated carbocycles. The minimum Gasteiger partial charge on any atom is -0.479 e. The standard InChI is InChI=1S/C14H17N3O2/c1-3-4-10-5-7-11(8-6-10)19-14-12(15)13(18-2)16-9-17-14/h5-9H,3-4,15H2,1-2H3. The van der Waals surface area contributed by atoms with E-state index in [0.717, 1.165) is 12.8 Å². The van der Waals surface area contributed by atoms with Crippen LogP contribution >= 0.6 is 0 Å². The second-order valence-corrected chi connectivity index (χ2v) is 4.10. The molecule has 1 aromatic carbocycles. The molecule has 0 unspecified atom stereocenters. The minimum absolute atomic E-state index is 0.294. The van der Waals surface area contributed by atoms with Gasteiger partial charge in [0.1, 0.15) is 12.1 Å². The predicted molar refractivity (Wildman–Crippen MR) is 73.5 cm³/mol. The lowest BCUT2D eigenvalue weighted by atomic mass is 10.1. The summed E-state index contributed by atoms with van der Waals surface area (Å²) in [5, 5.41) is 0. The number of hydrogen-bond acceptors (Lipinski definition) is 5. The summed E-state index contributed by atoms with van der Waals surface area (Å²) in [6.45, 7) is 2.15. The molecule has 19 heavy (non-hydrogen) atoms. The van der Waals surface area contributed by atoms with Gasteiger partial charge in [0.2, 0.25) is 11.8 Å². The molecule has 0 radical (unpaired) electrons. The molecule has 0 saturated heterocycles. The fraction of sp³-hybridized carbons (Fsp3) is 0.286. The molecule has 0 amide bonds. The molecule has 0 bridgehead atoms. The Kier molecular flexibility index (Phi) is 4.18. The zero-order valence-electron chi connectivity index (χ0n) is 11.1. The fourth-order valence-corrected chi connectivity index (χ4v) is 1.73. The minimum atomic E-state index is 0.294. The number of methoxy groups -OCH3 is 1. The monoisotopic (exact) mass is 259 g/mol. The van der Waals surface area contributed by atoms with Crippen molar-refractivity contribution in [1.82, 2.24) is 9.97 Å². The first-order valence-electron chi connectivity index (χ1n) is 6.15. The van der Waals surface area contributed by atoms with Crippen molar-refractivity contribution in [3.8, 4) is 17.5 Å². The SMILES string of the molecule is CCCc1ccc(Oc2ncnc(OC)c2N)cc1. The van der Waals surface area contributed by atoms with Crippen LogP contribution in [0.25, 0.3) is 0 Å². The van der Waals surface area contributed by atoms with Crippen LogP contribution in [0.5, 0.6) is 17.5 Å². The van der Waals surface area contributed by atoms with Gasteiger partial charge in [-0.15, -0.1) is 0 Å². The summed E-state index contributed by atoms with van der Waals surface area (Å²) in [5.74, 6) is 1.30. The summed E-state index contributed by atoms with van der Waals surface area (Å²) in [6.07, 6.45) is 3.54. The molecule has 0 aliphatic carbocycles. The van der Waals surface area contributed by atoms with Gasteiger partial charge in [0.05, 0.1) is 7.11 Å². The second kappa shape index (κ2) is 6.04. The Labute approximate surface area is 112 Å². The van der Waals surface area contributed by atoms with E-state index in [4.69, 9.17) is 15.2 Å². The molecule has 0 atom stereocenters. The van der Waals surface area contributed by atoms with Crippen molar-refractivity contribution in [2.45, 2.75) is 19.8 Å². The molecule has 0 aliphatic rings. The third kappa shape index (κ3) is 3.13. The number of hydrogen-bond donors (Lipinski definition) is 1. The van der Waals surface area contributed by atoms with E-state index in [0.29, 0.717) is 23.2 Å². The van der Waals surface area contributed by atoms with Crippen molar-refractivity contribution in [2.24, 2.45) is 0 Å². The van der Waals surface area contributed by atoms with Crippen LogP contribution in [0.3, 0.4) is 0 Å². The van der Waals surface area contributed by atoms with Gasteiger partial charge in [0.25, 0.3) is 0 Å². The number of nitrogens with two attached hydrogens (primary N) is 1. The topological polar surface area (TPSA) is 70.3 Å². The summed E-state index contributed by atoms with van der Waals surface area (Å²) in [7, 11) is 1.50. The number of rotatable bonds is 5. The Morgan fingerprint density at radius 1 is 1.11 bits per heavy atom. The summed E-state index contributed by atoms with van der Waals surface area (Å²) in [6, 6.07) is 7.87. The van der Waals surface area contributed by atoms with Gasteiger partial charge < -0.3 is 15.2 Å². The number of aryl methyl sites for hydroxylation is 1. The number of anilines is 1. The van der Waals surface area contributed by atoms with Crippen LogP contribution in [-0.2, 0) is 6.42 Å². The van der Waals surface area contributed by atoms with Crippen LogP contribution in [-0.4, -0.2) is 17.1 Å². The number of aromatic nitrogens is 2. The van der Waals surface area contributed by atoms with E-state index in [1.165, 1.54) is 19.0 Å². The highest BCUT2D eigenvalue weighted by Gasteiger charge is 2.10. The van der Waals surface area contributed by atoms with Crippen LogP contribution in [0, 0.1) is 0 Å². The van der Waals surface area contributed by atoms with Crippen molar-refractivity contribution >= 4 is 5.69 Å². The van der Waals surface area contributed by atoms with Crippen LogP contribution < -0.4 is 15.2 Å². The van der Waals surface area contributed by atoms with E-state index >= 15 is 0 Å². The van der Waals surface area contributed by atoms with Crippen LogP contribution in [0.15, 0.2) is 30.6 Å². The summed E-state index contributed by atoms with van der Waals surface area (Å²) < 4.78 is 10.6. The van der Waals surface area contributed by atoms with Gasteiger partial charge >= 0.3 is 0 Å². The molecule has 5 heteroatoms. The lowest BCUT2D eigenvalue weighted by Crippen LogP contribution is -2.00. The molecule has 0 fully saturated rings. The van der Waals surface area contributed by atoms with Gasteiger partial charge in [0, 0.05) is 0 Å². The molecule has 1 aromatic heterocycles. The largest absolute Gasteiger partial charge is 0.479 e. The van der Waals surface area contributed by atoms with E-state index in [9.17, 15) is 0 Å². The molecule has 5 nitrogen and oxygen atoms in total. The Hall–Kier alpha value is -2.30. The van der Waals surface area contributed by atoms with Crippen molar-refractivity contribution in [1.29, 1.82) is 0 Å². The number of ether oxygens (including phenoxy) is 2. The highest BCUT2D eigenvalue weighted by atomic mass is 16.5. The van der Waals surface area contributed by atoms with E-state index in [1.54, 1.807) is 0 Å². The first kappa shape index (κ1) is 13.1. The number of benzene rings is 1. The first-order chi connectivity index (χ1) is 9.24. The smallest absolute Gasteiger partial charge is 0.249 e. The maximum absolute atomic E-state index is 5.84. The Morgan fingerprint density at radius 2 is 1.79 bits per heavy atom. The first-order valence-corrected chi connectivity index (χ1v) is 6.15. The van der Waals surface area contributed by atoms with Gasteiger partial charge in [-0.3, -0.25) is 0 Å². The Morgan fingerprint density at radius 3 is 2.42 bits per heavy atom. The molecule has 0 spiro atoms. The van der Waals surface area contributed by atoms with Gasteiger partial charge in [0.15, 0.2) is 5.69 Å². The third-order valence-electron chi connectivity index (χ3n) is 2.68. The van der Waals surface area contributed by atoms with Gasteiger partial charge in [-0.25, -0.2) is 0 Å².